The molecule has 70 heavy (non-hydrogen) atoms. The van der Waals surface area contributed by atoms with Crippen molar-refractivity contribution in [3.63, 3.8) is 0 Å². The topological polar surface area (TPSA) is 38.7 Å². The highest BCUT2D eigenvalue weighted by Gasteiger charge is 2.18. The highest BCUT2D eigenvalue weighted by Crippen LogP contribution is 2.41. The highest BCUT2D eigenvalue weighted by molar-refractivity contribution is 5.93. The zero-order valence-electron chi connectivity index (χ0n) is 37.5. The zero-order valence-corrected chi connectivity index (χ0v) is 37.5. The lowest BCUT2D eigenvalue weighted by Gasteiger charge is -2.18. The van der Waals surface area contributed by atoms with Gasteiger partial charge in [-0.1, -0.05) is 91.0 Å². The molecule has 0 saturated heterocycles. The Morgan fingerprint density at radius 2 is 0.714 bits per heavy atom. The van der Waals surface area contributed by atoms with Gasteiger partial charge in [-0.2, -0.15) is 0 Å². The standard InChI is InChI=1S/C61H41F6N3/c62-47-18-16-45(17-19-47)61-34-55(44-14-12-43(13-15-44)42-4-2-1-3-5-42)56(37-70-61)51-23-20-48(63)31-54(51)46-29-40(8-6-38-10-26-59(68-35-38)52-24-21-49(64)32-57(52)66)28-41(30-46)9-7-39-11-27-60(69-36-39)53-25-22-50(65)33-58(53)67/h1-5,10-37H,6-9H2. The van der Waals surface area contributed by atoms with E-state index in [9.17, 15) is 22.0 Å². The molecule has 0 spiro atoms. The van der Waals surface area contributed by atoms with Gasteiger partial charge in [-0.05, 0) is 166 Å². The quantitative estimate of drug-likeness (QED) is 0.108. The van der Waals surface area contributed by atoms with Crippen LogP contribution in [0.1, 0.15) is 22.3 Å². The molecule has 0 radical (unpaired) electrons. The first-order valence-corrected chi connectivity index (χ1v) is 22.8. The molecule has 0 fully saturated rings. The zero-order chi connectivity index (χ0) is 48.1. The summed E-state index contributed by atoms with van der Waals surface area (Å²) in [6.45, 7) is 0. The fraction of sp³-hybridized carbons (Fsp3) is 0.0656. The molecule has 0 amide bonds. The first-order chi connectivity index (χ1) is 34.1. The molecule has 3 aromatic heterocycles. The Morgan fingerprint density at radius 1 is 0.257 bits per heavy atom. The molecule has 0 aliphatic rings. The predicted octanol–water partition coefficient (Wildman–Crippen LogP) is 15.9. The first kappa shape index (κ1) is 45.4. The van der Waals surface area contributed by atoms with Crippen LogP contribution in [0, 0.1) is 34.9 Å². The number of nitrogens with zero attached hydrogens (tertiary/aromatic N) is 3. The van der Waals surface area contributed by atoms with E-state index in [-0.39, 0.29) is 16.9 Å². The summed E-state index contributed by atoms with van der Waals surface area (Å²) in [7, 11) is 0. The Balaban J connectivity index is 1.02. The third kappa shape index (κ3) is 10.2. The van der Waals surface area contributed by atoms with Gasteiger partial charge < -0.3 is 0 Å². The van der Waals surface area contributed by atoms with Crippen LogP contribution >= 0.6 is 0 Å². The van der Waals surface area contributed by atoms with Gasteiger partial charge in [0, 0.05) is 53.0 Å². The van der Waals surface area contributed by atoms with Crippen LogP contribution < -0.4 is 0 Å². The summed E-state index contributed by atoms with van der Waals surface area (Å²) >= 11 is 0. The van der Waals surface area contributed by atoms with Gasteiger partial charge in [0.15, 0.2) is 0 Å². The minimum Gasteiger partial charge on any atom is -0.256 e. The Bertz CT molecular complexity index is 3350. The van der Waals surface area contributed by atoms with Crippen LogP contribution in [0.4, 0.5) is 26.3 Å². The minimum atomic E-state index is -0.692. The second-order valence-corrected chi connectivity index (χ2v) is 17.1. The van der Waals surface area contributed by atoms with Gasteiger partial charge in [0.1, 0.15) is 34.9 Å². The number of hydrogen-bond acceptors (Lipinski definition) is 3. The van der Waals surface area contributed by atoms with E-state index in [0.29, 0.717) is 48.3 Å². The smallest absolute Gasteiger partial charge is 0.135 e. The Labute approximate surface area is 401 Å². The lowest BCUT2D eigenvalue weighted by molar-refractivity contribution is 0.584. The van der Waals surface area contributed by atoms with Crippen molar-refractivity contribution in [1.29, 1.82) is 0 Å². The molecular weight excluding hydrogens is 889 g/mol. The monoisotopic (exact) mass is 929 g/mol. The minimum absolute atomic E-state index is 0.205. The van der Waals surface area contributed by atoms with Crippen LogP contribution in [0.15, 0.2) is 201 Å². The first-order valence-electron chi connectivity index (χ1n) is 22.8. The van der Waals surface area contributed by atoms with Crippen LogP contribution in [0.25, 0.3) is 78.3 Å². The maximum atomic E-state index is 15.7. The van der Waals surface area contributed by atoms with Crippen molar-refractivity contribution in [3.8, 4) is 78.3 Å². The third-order valence-corrected chi connectivity index (χ3v) is 12.5. The average molecular weight is 930 g/mol. The summed E-state index contributed by atoms with van der Waals surface area (Å²) in [6.07, 6.45) is 7.52. The molecular formula is C61H41F6N3. The van der Waals surface area contributed by atoms with Crippen molar-refractivity contribution in [1.82, 2.24) is 15.0 Å². The fourth-order valence-corrected chi connectivity index (χ4v) is 8.79. The Kier molecular flexibility index (Phi) is 13.0. The lowest BCUT2D eigenvalue weighted by atomic mass is 9.87. The number of rotatable bonds is 13. The molecule has 0 N–H and O–H groups in total. The molecule has 342 valence electrons. The van der Waals surface area contributed by atoms with Gasteiger partial charge in [-0.25, -0.2) is 26.3 Å². The third-order valence-electron chi connectivity index (χ3n) is 12.5. The fourth-order valence-electron chi connectivity index (χ4n) is 8.79. The van der Waals surface area contributed by atoms with Gasteiger partial charge >= 0.3 is 0 Å². The maximum absolute atomic E-state index is 15.7. The summed E-state index contributed by atoms with van der Waals surface area (Å²) in [5, 5.41) is 0. The van der Waals surface area contributed by atoms with Crippen molar-refractivity contribution >= 4 is 0 Å². The summed E-state index contributed by atoms with van der Waals surface area (Å²) in [5.41, 5.74) is 13.2. The summed E-state index contributed by atoms with van der Waals surface area (Å²) in [6, 6.07) is 51.6. The number of hydrogen-bond donors (Lipinski definition) is 0. The van der Waals surface area contributed by atoms with Crippen molar-refractivity contribution in [2.24, 2.45) is 0 Å². The molecule has 0 atom stereocenters. The van der Waals surface area contributed by atoms with Gasteiger partial charge in [-0.15, -0.1) is 0 Å². The van der Waals surface area contributed by atoms with Crippen molar-refractivity contribution in [2.75, 3.05) is 0 Å². The molecule has 3 heterocycles. The molecule has 0 saturated carbocycles. The largest absolute Gasteiger partial charge is 0.256 e. The second kappa shape index (κ2) is 20.0. The predicted molar refractivity (Wildman–Crippen MR) is 265 cm³/mol. The van der Waals surface area contributed by atoms with Gasteiger partial charge in [0.25, 0.3) is 0 Å². The van der Waals surface area contributed by atoms with E-state index in [1.54, 1.807) is 55.0 Å². The van der Waals surface area contributed by atoms with E-state index in [0.717, 1.165) is 78.9 Å². The SMILES string of the molecule is Fc1ccc(-c2cc(-c3ccc(-c4ccccc4)cc3)c(-c3ccc(F)cc3-c3cc(CCc4ccc(-c5ccc(F)cc5F)nc4)cc(CCc4ccc(-c5ccc(F)cc5F)nc4)c3)cn2)cc1. The normalized spacial score (nSPS) is 11.2. The number of pyridine rings is 3. The molecule has 0 aliphatic heterocycles. The van der Waals surface area contributed by atoms with E-state index in [1.807, 2.05) is 36.4 Å². The number of halogens is 6. The molecule has 0 unspecified atom stereocenters. The van der Waals surface area contributed by atoms with Crippen LogP contribution in [-0.4, -0.2) is 15.0 Å². The highest BCUT2D eigenvalue weighted by atomic mass is 19.2. The second-order valence-electron chi connectivity index (χ2n) is 17.1. The summed E-state index contributed by atoms with van der Waals surface area (Å²) in [4.78, 5) is 13.9. The maximum Gasteiger partial charge on any atom is 0.135 e. The molecule has 10 aromatic rings. The van der Waals surface area contributed by atoms with E-state index in [2.05, 4.69) is 64.6 Å². The van der Waals surface area contributed by atoms with Crippen LogP contribution in [0.2, 0.25) is 0 Å². The van der Waals surface area contributed by atoms with Gasteiger partial charge in [0.2, 0.25) is 0 Å². The number of aryl methyl sites for hydroxylation is 4. The van der Waals surface area contributed by atoms with E-state index in [1.165, 1.54) is 42.5 Å². The van der Waals surface area contributed by atoms with Crippen LogP contribution in [0.5, 0.6) is 0 Å². The molecule has 9 heteroatoms. The Hall–Kier alpha value is -8.43. The van der Waals surface area contributed by atoms with E-state index in [4.69, 9.17) is 4.98 Å². The number of aromatic nitrogens is 3. The molecule has 0 aliphatic carbocycles. The molecule has 0 bridgehead atoms. The van der Waals surface area contributed by atoms with Gasteiger partial charge in [0.05, 0.1) is 17.1 Å². The molecule has 3 nitrogen and oxygen atoms in total. The van der Waals surface area contributed by atoms with E-state index < -0.39 is 29.1 Å². The average Bonchev–Trinajstić information content (AvgIpc) is 3.38. The van der Waals surface area contributed by atoms with Gasteiger partial charge in [-0.3, -0.25) is 15.0 Å². The molecule has 7 aromatic carbocycles. The van der Waals surface area contributed by atoms with E-state index >= 15 is 4.39 Å². The van der Waals surface area contributed by atoms with Crippen molar-refractivity contribution < 1.29 is 26.3 Å². The summed E-state index contributed by atoms with van der Waals surface area (Å²) < 4.78 is 86.2. The molecule has 10 rings (SSSR count). The van der Waals surface area contributed by atoms with Crippen LogP contribution in [-0.2, 0) is 25.7 Å². The van der Waals surface area contributed by atoms with Crippen molar-refractivity contribution in [2.45, 2.75) is 25.7 Å². The summed E-state index contributed by atoms with van der Waals surface area (Å²) in [5.74, 6) is -3.48. The Morgan fingerprint density at radius 3 is 1.26 bits per heavy atom. The lowest BCUT2D eigenvalue weighted by Crippen LogP contribution is -1.99. The van der Waals surface area contributed by atoms with Crippen molar-refractivity contribution in [3.05, 3.63) is 258 Å². The number of benzene rings is 7. The van der Waals surface area contributed by atoms with Crippen LogP contribution in [0.3, 0.4) is 0 Å².